The average Bonchev–Trinajstić information content (AvgIpc) is 2.56. The maximum atomic E-state index is 6.37. The van der Waals surface area contributed by atoms with E-state index in [4.69, 9.17) is 19.9 Å². The Morgan fingerprint density at radius 2 is 1.77 bits per heavy atom. The lowest BCUT2D eigenvalue weighted by atomic mass is 9.88. The van der Waals surface area contributed by atoms with Crippen LogP contribution in [0.15, 0.2) is 18.2 Å². The van der Waals surface area contributed by atoms with Crippen molar-refractivity contribution in [1.29, 1.82) is 0 Å². The maximum Gasteiger partial charge on any atom is 0.165 e. The molecule has 22 heavy (non-hydrogen) atoms. The van der Waals surface area contributed by atoms with E-state index >= 15 is 0 Å². The van der Waals surface area contributed by atoms with E-state index in [9.17, 15) is 0 Å². The minimum absolute atomic E-state index is 0.179. The minimum atomic E-state index is -0.179. The number of ether oxygens (including phenoxy) is 3. The number of nitrogens with zero attached hydrogens (tertiary/aromatic N) is 1. The molecule has 3 heterocycles. The lowest BCUT2D eigenvalue weighted by Crippen LogP contribution is -2.48. The van der Waals surface area contributed by atoms with Gasteiger partial charge in [-0.2, -0.15) is 0 Å². The van der Waals surface area contributed by atoms with Crippen LogP contribution in [0.25, 0.3) is 6.08 Å². The van der Waals surface area contributed by atoms with Crippen molar-refractivity contribution in [2.75, 3.05) is 39.4 Å². The fourth-order valence-corrected chi connectivity index (χ4v) is 3.41. The van der Waals surface area contributed by atoms with Crippen molar-refractivity contribution in [2.45, 2.75) is 18.4 Å². The Hall–Kier alpha value is -1.72. The molecule has 0 amide bonds. The first-order valence-electron chi connectivity index (χ1n) is 8.02. The van der Waals surface area contributed by atoms with E-state index in [2.05, 4.69) is 17.1 Å². The third kappa shape index (κ3) is 2.44. The summed E-state index contributed by atoms with van der Waals surface area (Å²) < 4.78 is 17.7. The number of hydrogen-bond donors (Lipinski definition) is 1. The normalized spacial score (nSPS) is 22.2. The van der Waals surface area contributed by atoms with Crippen molar-refractivity contribution in [1.82, 2.24) is 4.90 Å². The van der Waals surface area contributed by atoms with Crippen LogP contribution in [-0.2, 0) is 0 Å². The molecule has 118 valence electrons. The highest BCUT2D eigenvalue weighted by molar-refractivity contribution is 5.66. The molecule has 0 bridgehead atoms. The molecule has 3 aliphatic rings. The van der Waals surface area contributed by atoms with Gasteiger partial charge in [0.25, 0.3) is 0 Å². The summed E-state index contributed by atoms with van der Waals surface area (Å²) in [5.41, 5.74) is 6.53. The van der Waals surface area contributed by atoms with Crippen molar-refractivity contribution in [3.63, 3.8) is 0 Å². The first-order chi connectivity index (χ1) is 10.8. The van der Waals surface area contributed by atoms with Crippen LogP contribution in [-0.4, -0.2) is 49.9 Å². The largest absolute Gasteiger partial charge is 0.486 e. The van der Waals surface area contributed by atoms with Crippen LogP contribution in [0.3, 0.4) is 0 Å². The van der Waals surface area contributed by atoms with Crippen LogP contribution in [0, 0.1) is 0 Å². The summed E-state index contributed by atoms with van der Waals surface area (Å²) in [7, 11) is 0. The summed E-state index contributed by atoms with van der Waals surface area (Å²) in [6.45, 7) is 4.95. The molecule has 0 atom stereocenters. The molecule has 0 saturated carbocycles. The van der Waals surface area contributed by atoms with Gasteiger partial charge in [-0.1, -0.05) is 6.08 Å². The molecule has 3 aliphatic heterocycles. The van der Waals surface area contributed by atoms with Gasteiger partial charge in [-0.05, 0) is 12.1 Å². The van der Waals surface area contributed by atoms with Gasteiger partial charge in [0.05, 0.1) is 0 Å². The van der Waals surface area contributed by atoms with E-state index in [1.54, 1.807) is 0 Å². The third-order valence-electron chi connectivity index (χ3n) is 4.70. The van der Waals surface area contributed by atoms with E-state index in [0.717, 1.165) is 61.8 Å². The fourth-order valence-electron chi connectivity index (χ4n) is 3.41. The van der Waals surface area contributed by atoms with Crippen molar-refractivity contribution in [3.05, 3.63) is 23.8 Å². The molecular formula is C17H22N2O3. The SMILES string of the molecule is NCCN1CCC2(C=Cc3cc4c(cc3O2)OCCO4)CC1. The van der Waals surface area contributed by atoms with Crippen LogP contribution in [0.2, 0.25) is 0 Å². The summed E-state index contributed by atoms with van der Waals surface area (Å²) in [6, 6.07) is 3.98. The van der Waals surface area contributed by atoms with Crippen LogP contribution in [0.5, 0.6) is 17.2 Å². The molecule has 0 unspecified atom stereocenters. The summed E-state index contributed by atoms with van der Waals surface area (Å²) in [5.74, 6) is 2.50. The highest BCUT2D eigenvalue weighted by Crippen LogP contribution is 2.43. The van der Waals surface area contributed by atoms with E-state index in [0.29, 0.717) is 13.2 Å². The summed E-state index contributed by atoms with van der Waals surface area (Å²) in [5, 5.41) is 0. The highest BCUT2D eigenvalue weighted by Gasteiger charge is 2.37. The molecule has 4 rings (SSSR count). The highest BCUT2D eigenvalue weighted by atomic mass is 16.6. The Balaban J connectivity index is 1.55. The second kappa shape index (κ2) is 5.48. The Morgan fingerprint density at radius 3 is 2.50 bits per heavy atom. The predicted octanol–water partition coefficient (Wildman–Crippen LogP) is 1.66. The Morgan fingerprint density at radius 1 is 1.05 bits per heavy atom. The molecule has 1 saturated heterocycles. The predicted molar refractivity (Wildman–Crippen MR) is 84.6 cm³/mol. The van der Waals surface area contributed by atoms with Crippen molar-refractivity contribution >= 4 is 6.08 Å². The lowest BCUT2D eigenvalue weighted by Gasteiger charge is -2.42. The zero-order chi connectivity index (χ0) is 15.0. The number of nitrogens with two attached hydrogens (primary N) is 1. The molecule has 1 fully saturated rings. The molecule has 5 heteroatoms. The zero-order valence-corrected chi connectivity index (χ0v) is 12.7. The number of piperidine rings is 1. The van der Waals surface area contributed by atoms with Crippen LogP contribution < -0.4 is 19.9 Å². The summed E-state index contributed by atoms with van der Waals surface area (Å²) >= 11 is 0. The molecule has 1 aromatic rings. The second-order valence-electron chi connectivity index (χ2n) is 6.16. The van der Waals surface area contributed by atoms with E-state index < -0.39 is 0 Å². The molecule has 2 N–H and O–H groups in total. The van der Waals surface area contributed by atoms with Crippen LogP contribution >= 0.6 is 0 Å². The van der Waals surface area contributed by atoms with Gasteiger partial charge in [0.1, 0.15) is 24.6 Å². The van der Waals surface area contributed by atoms with Gasteiger partial charge in [0.15, 0.2) is 11.5 Å². The second-order valence-corrected chi connectivity index (χ2v) is 6.16. The topological polar surface area (TPSA) is 57.0 Å². The van der Waals surface area contributed by atoms with E-state index in [-0.39, 0.29) is 5.60 Å². The van der Waals surface area contributed by atoms with Crippen molar-refractivity contribution < 1.29 is 14.2 Å². The number of likely N-dealkylation sites (tertiary alicyclic amines) is 1. The monoisotopic (exact) mass is 302 g/mol. The number of rotatable bonds is 2. The van der Waals surface area contributed by atoms with Crippen LogP contribution in [0.1, 0.15) is 18.4 Å². The quantitative estimate of drug-likeness (QED) is 0.900. The molecule has 1 spiro atoms. The molecular weight excluding hydrogens is 280 g/mol. The molecule has 5 nitrogen and oxygen atoms in total. The molecule has 0 aliphatic carbocycles. The first kappa shape index (κ1) is 13.9. The molecule has 1 aromatic carbocycles. The summed E-state index contributed by atoms with van der Waals surface area (Å²) in [4.78, 5) is 2.40. The molecule has 0 aromatic heterocycles. The Bertz CT molecular complexity index is 592. The van der Waals surface area contributed by atoms with Gasteiger partial charge in [-0.25, -0.2) is 0 Å². The zero-order valence-electron chi connectivity index (χ0n) is 12.7. The van der Waals surface area contributed by atoms with Gasteiger partial charge in [-0.15, -0.1) is 0 Å². The third-order valence-corrected chi connectivity index (χ3v) is 4.70. The van der Waals surface area contributed by atoms with Gasteiger partial charge in [-0.3, -0.25) is 0 Å². The number of benzene rings is 1. The van der Waals surface area contributed by atoms with Crippen molar-refractivity contribution in [2.24, 2.45) is 5.73 Å². The Kier molecular flexibility index (Phi) is 3.47. The summed E-state index contributed by atoms with van der Waals surface area (Å²) in [6.07, 6.45) is 6.37. The standard InChI is InChI=1S/C17H22N2O3/c18-5-8-19-6-3-17(4-7-19)2-1-13-11-15-16(12-14(13)22-17)21-10-9-20-15/h1-2,11-12H,3-10,18H2. The minimum Gasteiger partial charge on any atom is -0.486 e. The lowest BCUT2D eigenvalue weighted by molar-refractivity contribution is 0.0393. The van der Waals surface area contributed by atoms with E-state index in [1.807, 2.05) is 12.1 Å². The Labute approximate surface area is 130 Å². The number of fused-ring (bicyclic) bond motifs is 2. The maximum absolute atomic E-state index is 6.37. The number of hydrogen-bond acceptors (Lipinski definition) is 5. The fraction of sp³-hybridized carbons (Fsp3) is 0.529. The van der Waals surface area contributed by atoms with Crippen LogP contribution in [0.4, 0.5) is 0 Å². The smallest absolute Gasteiger partial charge is 0.165 e. The molecule has 0 radical (unpaired) electrons. The van der Waals surface area contributed by atoms with Gasteiger partial charge in [0.2, 0.25) is 0 Å². The van der Waals surface area contributed by atoms with Gasteiger partial charge < -0.3 is 24.8 Å². The van der Waals surface area contributed by atoms with E-state index in [1.165, 1.54) is 0 Å². The van der Waals surface area contributed by atoms with Gasteiger partial charge >= 0.3 is 0 Å². The average molecular weight is 302 g/mol. The first-order valence-corrected chi connectivity index (χ1v) is 8.02. The van der Waals surface area contributed by atoms with Gasteiger partial charge in [0, 0.05) is 50.7 Å². The van der Waals surface area contributed by atoms with Crippen molar-refractivity contribution in [3.8, 4) is 17.2 Å².